The number of imidazole rings is 1. The third-order valence-corrected chi connectivity index (χ3v) is 6.38. The van der Waals surface area contributed by atoms with E-state index in [9.17, 15) is 4.79 Å². The van der Waals surface area contributed by atoms with E-state index >= 15 is 0 Å². The topological polar surface area (TPSA) is 46.9 Å². The Hall–Kier alpha value is -2.53. The maximum Gasteiger partial charge on any atom is 0.230 e. The van der Waals surface area contributed by atoms with Crippen LogP contribution in [0.3, 0.4) is 0 Å². The molecule has 1 amide bonds. The van der Waals surface area contributed by atoms with Crippen LogP contribution < -0.4 is 5.32 Å². The Labute approximate surface area is 176 Å². The van der Waals surface area contributed by atoms with Crippen molar-refractivity contribution in [3.05, 3.63) is 66.4 Å². The number of carbonyl (C=O) groups is 1. The third kappa shape index (κ3) is 4.73. The van der Waals surface area contributed by atoms with Gasteiger partial charge in [-0.1, -0.05) is 79.6 Å². The van der Waals surface area contributed by atoms with Crippen LogP contribution in [0.5, 0.6) is 0 Å². The fraction of sp³-hybridized carbons (Fsp3) is 0.333. The van der Waals surface area contributed by atoms with Gasteiger partial charge in [0.25, 0.3) is 0 Å². The van der Waals surface area contributed by atoms with Crippen molar-refractivity contribution in [1.82, 2.24) is 14.9 Å². The number of para-hydroxylation sites is 1. The smallest absolute Gasteiger partial charge is 0.230 e. The number of nitrogens with zero attached hydrogens (tertiary/aromatic N) is 2. The first-order valence-electron chi connectivity index (χ1n) is 10.3. The summed E-state index contributed by atoms with van der Waals surface area (Å²) in [5, 5.41) is 4.06. The largest absolute Gasteiger partial charge is 0.353 e. The Morgan fingerprint density at radius 1 is 1.03 bits per heavy atom. The Morgan fingerprint density at radius 3 is 2.38 bits per heavy atom. The highest BCUT2D eigenvalue weighted by molar-refractivity contribution is 7.99. The Kier molecular flexibility index (Phi) is 6.35. The predicted octanol–water partition coefficient (Wildman–Crippen LogP) is 5.39. The van der Waals surface area contributed by atoms with Gasteiger partial charge in [0.2, 0.25) is 5.91 Å². The highest BCUT2D eigenvalue weighted by Gasteiger charge is 2.20. The van der Waals surface area contributed by atoms with Crippen molar-refractivity contribution >= 4 is 17.7 Å². The molecule has 5 heteroatoms. The van der Waals surface area contributed by atoms with E-state index in [-0.39, 0.29) is 5.91 Å². The summed E-state index contributed by atoms with van der Waals surface area (Å²) in [6.07, 6.45) is 5.93. The SMILES string of the molecule is Cc1c(-c2ccccc2)nc(SCC(=O)NC2CCCCC2)n1-c1ccccc1. The van der Waals surface area contributed by atoms with Crippen LogP contribution in [0.15, 0.2) is 65.8 Å². The van der Waals surface area contributed by atoms with E-state index in [0.29, 0.717) is 11.8 Å². The van der Waals surface area contributed by atoms with Crippen LogP contribution in [0.4, 0.5) is 0 Å². The van der Waals surface area contributed by atoms with Crippen molar-refractivity contribution in [2.24, 2.45) is 0 Å². The molecule has 4 rings (SSSR count). The van der Waals surface area contributed by atoms with E-state index in [1.807, 2.05) is 36.4 Å². The Bertz CT molecular complexity index is 947. The van der Waals surface area contributed by atoms with Crippen LogP contribution in [-0.4, -0.2) is 27.3 Å². The molecule has 2 aromatic carbocycles. The maximum atomic E-state index is 12.5. The number of hydrogen-bond donors (Lipinski definition) is 1. The van der Waals surface area contributed by atoms with Crippen LogP contribution in [-0.2, 0) is 4.79 Å². The molecule has 0 atom stereocenters. The van der Waals surface area contributed by atoms with Crippen molar-refractivity contribution in [2.75, 3.05) is 5.75 Å². The average molecular weight is 406 g/mol. The lowest BCUT2D eigenvalue weighted by molar-refractivity contribution is -0.119. The highest BCUT2D eigenvalue weighted by atomic mass is 32.2. The molecule has 1 aliphatic carbocycles. The quantitative estimate of drug-likeness (QED) is 0.560. The van der Waals surface area contributed by atoms with Crippen LogP contribution >= 0.6 is 11.8 Å². The lowest BCUT2D eigenvalue weighted by atomic mass is 9.95. The molecular formula is C24H27N3OS. The first-order chi connectivity index (χ1) is 14.2. The molecule has 1 fully saturated rings. The standard InChI is InChI=1S/C24H27N3OS/c1-18-23(19-11-5-2-6-12-19)26-24(27(18)21-15-9-4-10-16-21)29-17-22(28)25-20-13-7-3-8-14-20/h2,4-6,9-12,15-16,20H,3,7-8,13-14,17H2,1H3,(H,25,28). The number of carbonyl (C=O) groups excluding carboxylic acids is 1. The number of benzene rings is 2. The second-order valence-corrected chi connectivity index (χ2v) is 8.50. The number of nitrogens with one attached hydrogen (secondary N) is 1. The van der Waals surface area contributed by atoms with Gasteiger partial charge in [0.1, 0.15) is 0 Å². The summed E-state index contributed by atoms with van der Waals surface area (Å²) in [6.45, 7) is 2.09. The molecule has 4 nitrogen and oxygen atoms in total. The monoisotopic (exact) mass is 405 g/mol. The van der Waals surface area contributed by atoms with Crippen molar-refractivity contribution in [2.45, 2.75) is 50.2 Å². The van der Waals surface area contributed by atoms with Crippen molar-refractivity contribution in [1.29, 1.82) is 0 Å². The summed E-state index contributed by atoms with van der Waals surface area (Å²) in [4.78, 5) is 17.4. The minimum absolute atomic E-state index is 0.100. The number of thioether (sulfide) groups is 1. The van der Waals surface area contributed by atoms with Gasteiger partial charge < -0.3 is 5.32 Å². The van der Waals surface area contributed by atoms with Crippen molar-refractivity contribution in [3.63, 3.8) is 0 Å². The fourth-order valence-electron chi connectivity index (χ4n) is 3.97. The summed E-state index contributed by atoms with van der Waals surface area (Å²) in [7, 11) is 0. The van der Waals surface area contributed by atoms with E-state index in [0.717, 1.165) is 40.6 Å². The lowest BCUT2D eigenvalue weighted by Crippen LogP contribution is -2.37. The molecule has 150 valence electrons. The van der Waals surface area contributed by atoms with Gasteiger partial charge in [-0.15, -0.1) is 0 Å². The maximum absolute atomic E-state index is 12.5. The molecule has 0 radical (unpaired) electrons. The Balaban J connectivity index is 1.57. The zero-order valence-corrected chi connectivity index (χ0v) is 17.6. The molecule has 29 heavy (non-hydrogen) atoms. The van der Waals surface area contributed by atoms with Crippen LogP contribution in [0.2, 0.25) is 0 Å². The van der Waals surface area contributed by atoms with E-state index in [1.54, 1.807) is 0 Å². The zero-order chi connectivity index (χ0) is 20.1. The van der Waals surface area contributed by atoms with Gasteiger partial charge in [-0.2, -0.15) is 0 Å². The summed E-state index contributed by atoms with van der Waals surface area (Å²) in [6, 6.07) is 20.8. The van der Waals surface area contributed by atoms with Crippen molar-refractivity contribution in [3.8, 4) is 16.9 Å². The zero-order valence-electron chi connectivity index (χ0n) is 16.8. The van der Waals surface area contributed by atoms with Gasteiger partial charge in [0.15, 0.2) is 5.16 Å². The summed E-state index contributed by atoms with van der Waals surface area (Å²) in [5.41, 5.74) is 4.20. The molecule has 1 N–H and O–H groups in total. The van der Waals surface area contributed by atoms with Gasteiger partial charge in [0, 0.05) is 23.0 Å². The second-order valence-electron chi connectivity index (χ2n) is 7.56. The summed E-state index contributed by atoms with van der Waals surface area (Å²) in [5.74, 6) is 0.483. The molecule has 1 saturated carbocycles. The number of hydrogen-bond acceptors (Lipinski definition) is 3. The van der Waals surface area contributed by atoms with E-state index in [4.69, 9.17) is 4.98 Å². The number of aromatic nitrogens is 2. The first kappa shape index (κ1) is 19.8. The molecule has 1 aromatic heterocycles. The van der Waals surface area contributed by atoms with Gasteiger partial charge in [-0.05, 0) is 31.9 Å². The molecule has 1 aliphatic rings. The molecule has 0 aliphatic heterocycles. The van der Waals surface area contributed by atoms with Gasteiger partial charge in [0.05, 0.1) is 11.4 Å². The lowest BCUT2D eigenvalue weighted by Gasteiger charge is -2.22. The van der Waals surface area contributed by atoms with Crippen LogP contribution in [0, 0.1) is 6.92 Å². The van der Waals surface area contributed by atoms with Gasteiger partial charge >= 0.3 is 0 Å². The number of rotatable bonds is 6. The molecule has 0 bridgehead atoms. The minimum atomic E-state index is 0.100. The Morgan fingerprint density at radius 2 is 1.69 bits per heavy atom. The van der Waals surface area contributed by atoms with Crippen LogP contribution in [0.25, 0.3) is 16.9 Å². The summed E-state index contributed by atoms with van der Waals surface area (Å²) < 4.78 is 2.15. The predicted molar refractivity (Wildman–Crippen MR) is 119 cm³/mol. The molecule has 0 unspecified atom stereocenters. The average Bonchev–Trinajstić information content (AvgIpc) is 3.10. The third-order valence-electron chi connectivity index (χ3n) is 5.44. The molecular weight excluding hydrogens is 378 g/mol. The van der Waals surface area contributed by atoms with E-state index < -0.39 is 0 Å². The molecule has 0 saturated heterocycles. The fourth-order valence-corrected chi connectivity index (χ4v) is 4.84. The minimum Gasteiger partial charge on any atom is -0.353 e. The van der Waals surface area contributed by atoms with Gasteiger partial charge in [-0.3, -0.25) is 9.36 Å². The van der Waals surface area contributed by atoms with Crippen LogP contribution in [0.1, 0.15) is 37.8 Å². The van der Waals surface area contributed by atoms with E-state index in [1.165, 1.54) is 31.0 Å². The van der Waals surface area contributed by atoms with Gasteiger partial charge in [-0.25, -0.2) is 4.98 Å². The second kappa shape index (κ2) is 9.31. The first-order valence-corrected chi connectivity index (χ1v) is 11.3. The molecule has 0 spiro atoms. The summed E-state index contributed by atoms with van der Waals surface area (Å²) >= 11 is 1.51. The molecule has 3 aromatic rings. The van der Waals surface area contributed by atoms with E-state index in [2.05, 4.69) is 41.1 Å². The number of amides is 1. The van der Waals surface area contributed by atoms with Crippen molar-refractivity contribution < 1.29 is 4.79 Å². The highest BCUT2D eigenvalue weighted by Crippen LogP contribution is 2.31. The normalized spacial score (nSPS) is 14.7. The molecule has 1 heterocycles.